The van der Waals surface area contributed by atoms with Crippen molar-refractivity contribution in [2.24, 2.45) is 0 Å². The zero-order valence-corrected chi connectivity index (χ0v) is 5.61. The molecule has 0 fully saturated rings. The minimum atomic E-state index is -0.482. The molecule has 1 aromatic carbocycles. The van der Waals surface area contributed by atoms with Crippen molar-refractivity contribution in [3.8, 4) is 6.07 Å². The summed E-state index contributed by atoms with van der Waals surface area (Å²) in [6, 6.07) is 6.31. The van der Waals surface area contributed by atoms with Gasteiger partial charge in [0.25, 0.3) is 0 Å². The first-order chi connectivity index (χ1) is 4.74. The Hall–Kier alpha value is -1.07. The SMILES string of the molecule is N#Cc1[c]cc(F)cc1Cl. The van der Waals surface area contributed by atoms with Gasteiger partial charge in [0, 0.05) is 6.07 Å². The van der Waals surface area contributed by atoms with Crippen molar-refractivity contribution in [2.45, 2.75) is 0 Å². The molecule has 0 amide bonds. The maximum atomic E-state index is 12.3. The lowest BCUT2D eigenvalue weighted by Crippen LogP contribution is -1.78. The first kappa shape index (κ1) is 7.04. The van der Waals surface area contributed by atoms with Crippen molar-refractivity contribution in [3.05, 3.63) is 34.6 Å². The molecule has 0 aliphatic carbocycles. The molecule has 1 aromatic rings. The van der Waals surface area contributed by atoms with Gasteiger partial charge in [-0.1, -0.05) is 11.6 Å². The number of rotatable bonds is 0. The Balaban J connectivity index is 3.23. The molecule has 1 rings (SSSR count). The van der Waals surface area contributed by atoms with Gasteiger partial charge in [-0.3, -0.25) is 0 Å². The summed E-state index contributed by atoms with van der Waals surface area (Å²) in [7, 11) is 0. The minimum absolute atomic E-state index is 0.0995. The highest BCUT2D eigenvalue weighted by Gasteiger charge is 1.99. The molecule has 0 spiro atoms. The van der Waals surface area contributed by atoms with Gasteiger partial charge in [0.2, 0.25) is 0 Å². The van der Waals surface area contributed by atoms with Gasteiger partial charge < -0.3 is 0 Å². The summed E-state index contributed by atoms with van der Waals surface area (Å²) < 4.78 is 12.3. The van der Waals surface area contributed by atoms with Gasteiger partial charge in [0.1, 0.15) is 11.9 Å². The lowest BCUT2D eigenvalue weighted by Gasteiger charge is -1.90. The molecule has 0 atom stereocenters. The van der Waals surface area contributed by atoms with Crippen LogP contribution in [0.5, 0.6) is 0 Å². The first-order valence-electron chi connectivity index (χ1n) is 2.51. The van der Waals surface area contributed by atoms with E-state index in [-0.39, 0.29) is 10.6 Å². The largest absolute Gasteiger partial charge is 0.207 e. The van der Waals surface area contributed by atoms with Crippen LogP contribution in [0.2, 0.25) is 5.02 Å². The summed E-state index contributed by atoms with van der Waals surface area (Å²) in [5.41, 5.74) is 0.170. The third kappa shape index (κ3) is 1.26. The Labute approximate surface area is 62.7 Å². The van der Waals surface area contributed by atoms with Crippen LogP contribution in [-0.4, -0.2) is 0 Å². The molecule has 0 heterocycles. The summed E-state index contributed by atoms with van der Waals surface area (Å²) in [4.78, 5) is 0. The van der Waals surface area contributed by atoms with Crippen LogP contribution in [0.3, 0.4) is 0 Å². The van der Waals surface area contributed by atoms with E-state index in [9.17, 15) is 4.39 Å². The van der Waals surface area contributed by atoms with Crippen molar-refractivity contribution in [2.75, 3.05) is 0 Å². The molecule has 0 bridgehead atoms. The average molecular weight is 155 g/mol. The smallest absolute Gasteiger partial charge is 0.125 e. The van der Waals surface area contributed by atoms with Crippen LogP contribution in [0.1, 0.15) is 5.56 Å². The first-order valence-corrected chi connectivity index (χ1v) is 2.88. The van der Waals surface area contributed by atoms with Crippen molar-refractivity contribution in [3.63, 3.8) is 0 Å². The Bertz CT molecular complexity index is 290. The standard InChI is InChI=1S/C7H2ClFN/c8-7-3-6(9)2-1-5(7)4-10/h2-3H. The van der Waals surface area contributed by atoms with E-state index in [2.05, 4.69) is 6.07 Å². The number of halogens is 2. The molecular weight excluding hydrogens is 153 g/mol. The van der Waals surface area contributed by atoms with Gasteiger partial charge >= 0.3 is 0 Å². The Morgan fingerprint density at radius 1 is 1.70 bits per heavy atom. The van der Waals surface area contributed by atoms with E-state index in [4.69, 9.17) is 16.9 Å². The van der Waals surface area contributed by atoms with Crippen LogP contribution >= 0.6 is 11.6 Å². The average Bonchev–Trinajstić information content (AvgIpc) is 1.88. The number of hydrogen-bond acceptors (Lipinski definition) is 1. The van der Waals surface area contributed by atoms with E-state index in [0.717, 1.165) is 12.1 Å². The second kappa shape index (κ2) is 2.68. The molecule has 1 radical (unpaired) electrons. The highest BCUT2D eigenvalue weighted by molar-refractivity contribution is 6.31. The van der Waals surface area contributed by atoms with E-state index >= 15 is 0 Å². The van der Waals surface area contributed by atoms with E-state index in [1.165, 1.54) is 0 Å². The molecule has 10 heavy (non-hydrogen) atoms. The van der Waals surface area contributed by atoms with Crippen LogP contribution in [0.15, 0.2) is 12.1 Å². The molecular formula is C7H2ClFN. The molecule has 0 aliphatic heterocycles. The maximum Gasteiger partial charge on any atom is 0.125 e. The van der Waals surface area contributed by atoms with E-state index in [1.54, 1.807) is 6.07 Å². The minimum Gasteiger partial charge on any atom is -0.207 e. The van der Waals surface area contributed by atoms with Crippen molar-refractivity contribution in [1.29, 1.82) is 5.26 Å². The molecule has 0 saturated carbocycles. The van der Waals surface area contributed by atoms with E-state index in [1.807, 2.05) is 0 Å². The van der Waals surface area contributed by atoms with E-state index < -0.39 is 5.82 Å². The summed E-state index contributed by atoms with van der Waals surface area (Å²) >= 11 is 5.44. The molecule has 0 aromatic heterocycles. The summed E-state index contributed by atoms with van der Waals surface area (Å²) in [5, 5.41) is 8.42. The van der Waals surface area contributed by atoms with Gasteiger partial charge in [-0.2, -0.15) is 5.26 Å². The second-order valence-electron chi connectivity index (χ2n) is 1.65. The van der Waals surface area contributed by atoms with Crippen molar-refractivity contribution >= 4 is 11.6 Å². The Morgan fingerprint density at radius 2 is 2.40 bits per heavy atom. The van der Waals surface area contributed by atoms with Gasteiger partial charge in [-0.25, -0.2) is 4.39 Å². The molecule has 0 unspecified atom stereocenters. The summed E-state index contributed by atoms with van der Waals surface area (Å²) in [5.74, 6) is -0.482. The monoisotopic (exact) mass is 154 g/mol. The number of hydrogen-bond donors (Lipinski definition) is 0. The third-order valence-corrected chi connectivity index (χ3v) is 1.27. The van der Waals surface area contributed by atoms with Crippen LogP contribution in [-0.2, 0) is 0 Å². The number of benzene rings is 1. The molecule has 0 saturated heterocycles. The molecule has 49 valence electrons. The van der Waals surface area contributed by atoms with Crippen LogP contribution in [0, 0.1) is 23.2 Å². The van der Waals surface area contributed by atoms with Gasteiger partial charge in [-0.05, 0) is 12.1 Å². The molecule has 3 heteroatoms. The number of nitrogens with zero attached hydrogens (tertiary/aromatic N) is 1. The van der Waals surface area contributed by atoms with Crippen LogP contribution < -0.4 is 0 Å². The fourth-order valence-corrected chi connectivity index (χ4v) is 0.732. The van der Waals surface area contributed by atoms with Gasteiger partial charge in [0.05, 0.1) is 10.6 Å². The van der Waals surface area contributed by atoms with Crippen LogP contribution in [0.25, 0.3) is 0 Å². The predicted octanol–water partition coefficient (Wildman–Crippen LogP) is 2.15. The zero-order chi connectivity index (χ0) is 7.56. The highest BCUT2D eigenvalue weighted by atomic mass is 35.5. The fraction of sp³-hybridized carbons (Fsp3) is 0. The zero-order valence-electron chi connectivity index (χ0n) is 4.86. The van der Waals surface area contributed by atoms with E-state index in [0.29, 0.717) is 0 Å². The quantitative estimate of drug-likeness (QED) is 0.562. The maximum absolute atomic E-state index is 12.3. The van der Waals surface area contributed by atoms with Crippen molar-refractivity contribution < 1.29 is 4.39 Å². The molecule has 0 N–H and O–H groups in total. The molecule has 1 nitrogen and oxygen atoms in total. The highest BCUT2D eigenvalue weighted by Crippen LogP contribution is 2.14. The molecule has 0 aliphatic rings. The Kier molecular flexibility index (Phi) is 1.88. The van der Waals surface area contributed by atoms with Gasteiger partial charge in [-0.15, -0.1) is 0 Å². The predicted molar refractivity (Wildman–Crippen MR) is 35.0 cm³/mol. The summed E-state index contributed by atoms with van der Waals surface area (Å²) in [6.45, 7) is 0. The normalized spacial score (nSPS) is 8.90. The summed E-state index contributed by atoms with van der Waals surface area (Å²) in [6.07, 6.45) is 0. The Morgan fingerprint density at radius 3 is 2.90 bits per heavy atom. The third-order valence-electron chi connectivity index (χ3n) is 0.970. The van der Waals surface area contributed by atoms with Gasteiger partial charge in [0.15, 0.2) is 0 Å². The van der Waals surface area contributed by atoms with Crippen molar-refractivity contribution in [1.82, 2.24) is 0 Å². The second-order valence-corrected chi connectivity index (χ2v) is 2.06. The lowest BCUT2D eigenvalue weighted by atomic mass is 10.2. The number of nitriles is 1. The topological polar surface area (TPSA) is 23.8 Å². The lowest BCUT2D eigenvalue weighted by molar-refractivity contribution is 0.627. The fourth-order valence-electron chi connectivity index (χ4n) is 0.531. The van der Waals surface area contributed by atoms with Crippen LogP contribution in [0.4, 0.5) is 4.39 Å².